The van der Waals surface area contributed by atoms with Crippen LogP contribution < -0.4 is 10.6 Å². The van der Waals surface area contributed by atoms with E-state index in [2.05, 4.69) is 9.97 Å². The minimum Gasteiger partial charge on any atom is -0.325 e. The van der Waals surface area contributed by atoms with Crippen molar-refractivity contribution in [2.75, 3.05) is 11.4 Å². The first-order valence-corrected chi connectivity index (χ1v) is 5.78. The van der Waals surface area contributed by atoms with E-state index in [1.165, 1.54) is 12.1 Å². The van der Waals surface area contributed by atoms with Crippen molar-refractivity contribution in [3.05, 3.63) is 48.2 Å². The quantitative estimate of drug-likeness (QED) is 0.898. The molecule has 1 aromatic heterocycles. The summed E-state index contributed by atoms with van der Waals surface area (Å²) in [5, 5.41) is 0. The van der Waals surface area contributed by atoms with Crippen molar-refractivity contribution in [3.8, 4) is 0 Å². The van der Waals surface area contributed by atoms with E-state index in [0.717, 1.165) is 5.69 Å². The van der Waals surface area contributed by atoms with Gasteiger partial charge in [0, 0.05) is 25.0 Å². The average molecular weight is 246 g/mol. The maximum atomic E-state index is 13.2. The summed E-state index contributed by atoms with van der Waals surface area (Å²) in [4.78, 5) is 10.4. The Morgan fingerprint density at radius 2 is 2.17 bits per heavy atom. The van der Waals surface area contributed by atoms with Crippen molar-refractivity contribution in [2.45, 2.75) is 13.5 Å². The van der Waals surface area contributed by atoms with Gasteiger partial charge in [0.2, 0.25) is 0 Å². The number of anilines is 2. The summed E-state index contributed by atoms with van der Waals surface area (Å²) in [6.45, 7) is 2.98. The number of hydrogen-bond donors (Lipinski definition) is 1. The highest BCUT2D eigenvalue weighted by Crippen LogP contribution is 2.23. The van der Waals surface area contributed by atoms with E-state index in [0.29, 0.717) is 24.6 Å². The number of benzene rings is 1. The molecule has 4 nitrogen and oxygen atoms in total. The first kappa shape index (κ1) is 12.4. The molecule has 1 aromatic carbocycles. The molecule has 0 spiro atoms. The predicted molar refractivity (Wildman–Crippen MR) is 69.0 cm³/mol. The molecule has 0 aliphatic rings. The van der Waals surface area contributed by atoms with Crippen LogP contribution in [0.3, 0.4) is 0 Å². The normalized spacial score (nSPS) is 10.4. The van der Waals surface area contributed by atoms with Crippen molar-refractivity contribution in [1.82, 2.24) is 9.97 Å². The van der Waals surface area contributed by atoms with Gasteiger partial charge >= 0.3 is 0 Å². The Labute approximate surface area is 105 Å². The van der Waals surface area contributed by atoms with Crippen LogP contribution in [0.5, 0.6) is 0 Å². The number of hydrogen-bond acceptors (Lipinski definition) is 4. The third kappa shape index (κ3) is 2.62. The third-order valence-corrected chi connectivity index (χ3v) is 2.59. The Morgan fingerprint density at radius 1 is 1.33 bits per heavy atom. The summed E-state index contributed by atoms with van der Waals surface area (Å²) >= 11 is 0. The minimum absolute atomic E-state index is 0.270. The molecular formula is C13H15FN4. The molecule has 94 valence electrons. The van der Waals surface area contributed by atoms with E-state index in [9.17, 15) is 4.39 Å². The molecule has 2 aromatic rings. The monoisotopic (exact) mass is 246 g/mol. The van der Waals surface area contributed by atoms with Crippen LogP contribution in [0.15, 0.2) is 36.7 Å². The van der Waals surface area contributed by atoms with Crippen molar-refractivity contribution >= 4 is 11.5 Å². The number of nitrogens with two attached hydrogens (primary N) is 1. The van der Waals surface area contributed by atoms with Gasteiger partial charge in [0.15, 0.2) is 5.82 Å². The number of aromatic nitrogens is 2. The van der Waals surface area contributed by atoms with Gasteiger partial charge in [-0.2, -0.15) is 0 Å². The van der Waals surface area contributed by atoms with Gasteiger partial charge < -0.3 is 10.6 Å². The summed E-state index contributed by atoms with van der Waals surface area (Å²) < 4.78 is 13.2. The Hall–Kier alpha value is -2.01. The maximum absolute atomic E-state index is 13.2. The van der Waals surface area contributed by atoms with Gasteiger partial charge in [-0.15, -0.1) is 0 Å². The van der Waals surface area contributed by atoms with Crippen molar-refractivity contribution in [1.29, 1.82) is 0 Å². The number of nitrogens with zero attached hydrogens (tertiary/aromatic N) is 3. The third-order valence-electron chi connectivity index (χ3n) is 2.59. The lowest BCUT2D eigenvalue weighted by atomic mass is 10.2. The van der Waals surface area contributed by atoms with Crippen LogP contribution in [0, 0.1) is 5.82 Å². The van der Waals surface area contributed by atoms with E-state index in [4.69, 9.17) is 5.73 Å². The molecule has 0 amide bonds. The van der Waals surface area contributed by atoms with Crippen LogP contribution in [0.4, 0.5) is 15.9 Å². The van der Waals surface area contributed by atoms with Crippen molar-refractivity contribution < 1.29 is 4.39 Å². The summed E-state index contributed by atoms with van der Waals surface area (Å²) in [5.74, 6) is 0.403. The Bertz CT molecular complexity index is 530. The van der Waals surface area contributed by atoms with Crippen LogP contribution in [0.2, 0.25) is 0 Å². The molecule has 0 saturated heterocycles. The van der Waals surface area contributed by atoms with Crippen LogP contribution in [0.1, 0.15) is 12.6 Å². The lowest BCUT2D eigenvalue weighted by molar-refractivity contribution is 0.627. The zero-order valence-corrected chi connectivity index (χ0v) is 10.2. The molecule has 0 saturated carbocycles. The van der Waals surface area contributed by atoms with E-state index in [1.54, 1.807) is 18.5 Å². The van der Waals surface area contributed by atoms with Crippen LogP contribution in [0.25, 0.3) is 0 Å². The molecule has 0 radical (unpaired) electrons. The fourth-order valence-electron chi connectivity index (χ4n) is 1.74. The van der Waals surface area contributed by atoms with Gasteiger partial charge in [-0.1, -0.05) is 6.07 Å². The Kier molecular flexibility index (Phi) is 3.84. The highest BCUT2D eigenvalue weighted by atomic mass is 19.1. The summed E-state index contributed by atoms with van der Waals surface area (Å²) in [6.07, 6.45) is 3.27. The standard InChI is InChI=1S/C13H15FN4/c1-2-18(12-5-3-4-10(14)6-12)13-9-16-8-11(7-15)17-13/h3-6,8-9H,2,7,15H2,1H3. The Morgan fingerprint density at radius 3 is 2.83 bits per heavy atom. The summed E-state index contributed by atoms with van der Waals surface area (Å²) in [7, 11) is 0. The van der Waals surface area contributed by atoms with Crippen molar-refractivity contribution in [2.24, 2.45) is 5.73 Å². The predicted octanol–water partition coefficient (Wildman–Crippen LogP) is 2.23. The molecule has 0 fully saturated rings. The van der Waals surface area contributed by atoms with Crippen LogP contribution >= 0.6 is 0 Å². The fourth-order valence-corrected chi connectivity index (χ4v) is 1.74. The highest BCUT2D eigenvalue weighted by molar-refractivity contribution is 5.59. The van der Waals surface area contributed by atoms with E-state index < -0.39 is 0 Å². The molecule has 2 N–H and O–H groups in total. The van der Waals surface area contributed by atoms with Gasteiger partial charge in [0.05, 0.1) is 11.9 Å². The second kappa shape index (κ2) is 5.55. The second-order valence-electron chi connectivity index (χ2n) is 3.80. The topological polar surface area (TPSA) is 55.0 Å². The van der Waals surface area contributed by atoms with E-state index in [1.807, 2.05) is 17.9 Å². The van der Waals surface area contributed by atoms with Crippen molar-refractivity contribution in [3.63, 3.8) is 0 Å². The van der Waals surface area contributed by atoms with Gasteiger partial charge in [-0.05, 0) is 25.1 Å². The zero-order chi connectivity index (χ0) is 13.0. The lowest BCUT2D eigenvalue weighted by Crippen LogP contribution is -2.18. The molecule has 2 rings (SSSR count). The van der Waals surface area contributed by atoms with Crippen LogP contribution in [-0.2, 0) is 6.54 Å². The molecular weight excluding hydrogens is 231 g/mol. The molecule has 0 unspecified atom stereocenters. The molecule has 0 aliphatic carbocycles. The largest absolute Gasteiger partial charge is 0.325 e. The van der Waals surface area contributed by atoms with E-state index >= 15 is 0 Å². The summed E-state index contributed by atoms with van der Waals surface area (Å²) in [6, 6.07) is 6.40. The molecule has 5 heteroatoms. The number of rotatable bonds is 4. The first-order chi connectivity index (χ1) is 8.74. The SMILES string of the molecule is CCN(c1cccc(F)c1)c1cncc(CN)n1. The van der Waals surface area contributed by atoms with Gasteiger partial charge in [-0.25, -0.2) is 9.37 Å². The van der Waals surface area contributed by atoms with Gasteiger partial charge in [0.1, 0.15) is 5.82 Å². The van der Waals surface area contributed by atoms with E-state index in [-0.39, 0.29) is 5.82 Å². The molecule has 18 heavy (non-hydrogen) atoms. The van der Waals surface area contributed by atoms with Crippen LogP contribution in [-0.4, -0.2) is 16.5 Å². The minimum atomic E-state index is -0.270. The first-order valence-electron chi connectivity index (χ1n) is 5.78. The molecule has 0 aliphatic heterocycles. The highest BCUT2D eigenvalue weighted by Gasteiger charge is 2.10. The molecule has 1 heterocycles. The summed E-state index contributed by atoms with van der Waals surface area (Å²) in [5.41, 5.74) is 7.00. The molecule has 0 bridgehead atoms. The van der Waals surface area contributed by atoms with Gasteiger partial charge in [-0.3, -0.25) is 4.98 Å². The average Bonchev–Trinajstić information content (AvgIpc) is 2.40. The maximum Gasteiger partial charge on any atom is 0.151 e. The Balaban J connectivity index is 2.38. The fraction of sp³-hybridized carbons (Fsp3) is 0.231. The smallest absolute Gasteiger partial charge is 0.151 e. The molecule has 0 atom stereocenters. The number of halogens is 1. The zero-order valence-electron chi connectivity index (χ0n) is 10.2. The lowest BCUT2D eigenvalue weighted by Gasteiger charge is -2.22. The second-order valence-corrected chi connectivity index (χ2v) is 3.80. The van der Waals surface area contributed by atoms with Gasteiger partial charge in [0.25, 0.3) is 0 Å².